The molecule has 11 nitrogen and oxygen atoms in total. The first-order valence-electron chi connectivity index (χ1n) is 16.8. The lowest BCUT2D eigenvalue weighted by molar-refractivity contribution is -0.141. The highest BCUT2D eigenvalue weighted by atomic mass is 16.5. The summed E-state index contributed by atoms with van der Waals surface area (Å²) in [7, 11) is 0. The Morgan fingerprint density at radius 1 is 0.978 bits per heavy atom. The summed E-state index contributed by atoms with van der Waals surface area (Å²) in [5.74, 6) is -0.605. The predicted octanol–water partition coefficient (Wildman–Crippen LogP) is 3.97. The number of benzene rings is 2. The van der Waals surface area contributed by atoms with Crippen LogP contribution in [-0.4, -0.2) is 113 Å². The molecule has 0 aliphatic carbocycles. The van der Waals surface area contributed by atoms with Crippen molar-refractivity contribution in [2.75, 3.05) is 63.5 Å². The number of hydrogen-bond acceptors (Lipinski definition) is 6. The number of carbonyl (C=O) groups is 3. The van der Waals surface area contributed by atoms with Crippen molar-refractivity contribution in [1.82, 2.24) is 19.6 Å². The van der Waals surface area contributed by atoms with Gasteiger partial charge in [-0.15, -0.1) is 0 Å². The molecule has 0 bridgehead atoms. The van der Waals surface area contributed by atoms with E-state index in [-0.39, 0.29) is 24.5 Å². The van der Waals surface area contributed by atoms with Gasteiger partial charge in [0.2, 0.25) is 5.91 Å². The molecular formula is C35H48N6O5. The molecule has 46 heavy (non-hydrogen) atoms. The summed E-state index contributed by atoms with van der Waals surface area (Å²) in [5, 5.41) is 13.5. The molecule has 6 rings (SSSR count). The number of nitrogens with two attached hydrogens (primary N) is 1. The van der Waals surface area contributed by atoms with E-state index in [1.54, 1.807) is 0 Å². The lowest BCUT2D eigenvalue weighted by Crippen LogP contribution is -2.60. The second kappa shape index (κ2) is 13.9. The molecule has 0 aromatic heterocycles. The minimum absolute atomic E-state index is 0.0108. The number of anilines is 2. The van der Waals surface area contributed by atoms with E-state index in [4.69, 9.17) is 10.5 Å². The molecule has 4 amide bonds. The third-order valence-corrected chi connectivity index (χ3v) is 10.7. The van der Waals surface area contributed by atoms with Crippen molar-refractivity contribution in [1.29, 1.82) is 0 Å². The van der Waals surface area contributed by atoms with E-state index in [2.05, 4.69) is 10.2 Å². The van der Waals surface area contributed by atoms with Crippen molar-refractivity contribution in [3.8, 4) is 0 Å². The minimum Gasteiger partial charge on any atom is -0.465 e. The molecule has 2 aromatic carbocycles. The number of piperazine rings is 1. The molecule has 0 saturated carbocycles. The van der Waals surface area contributed by atoms with Crippen LogP contribution in [0.3, 0.4) is 0 Å². The Hall–Kier alpha value is -3.83. The fraction of sp³-hybridized carbons (Fsp3) is 0.571. The maximum Gasteiger partial charge on any atom is 0.407 e. The highest BCUT2D eigenvalue weighted by Gasteiger charge is 2.44. The van der Waals surface area contributed by atoms with Gasteiger partial charge in [0.25, 0.3) is 0 Å². The van der Waals surface area contributed by atoms with Crippen molar-refractivity contribution >= 4 is 29.4 Å². The van der Waals surface area contributed by atoms with Crippen molar-refractivity contribution < 1.29 is 24.2 Å². The van der Waals surface area contributed by atoms with Crippen LogP contribution >= 0.6 is 0 Å². The van der Waals surface area contributed by atoms with E-state index in [1.807, 2.05) is 60.0 Å². The Labute approximate surface area is 271 Å². The number of rotatable bonds is 6. The van der Waals surface area contributed by atoms with Crippen LogP contribution in [0.2, 0.25) is 0 Å². The smallest absolute Gasteiger partial charge is 0.407 e. The predicted molar refractivity (Wildman–Crippen MR) is 177 cm³/mol. The fourth-order valence-corrected chi connectivity index (χ4v) is 8.03. The average Bonchev–Trinajstić information content (AvgIpc) is 3.24. The van der Waals surface area contributed by atoms with E-state index in [0.717, 1.165) is 72.8 Å². The zero-order valence-electron chi connectivity index (χ0n) is 27.1. The number of amides is 4. The molecular weight excluding hydrogens is 584 g/mol. The Morgan fingerprint density at radius 3 is 2.37 bits per heavy atom. The molecule has 248 valence electrons. The number of fused-ring (bicyclic) bond motifs is 1. The van der Waals surface area contributed by atoms with Gasteiger partial charge >= 0.3 is 12.1 Å². The number of carbonyl (C=O) groups excluding carboxylic acids is 2. The molecule has 0 spiro atoms. The number of piperidine rings is 1. The Bertz CT molecular complexity index is 1410. The van der Waals surface area contributed by atoms with Gasteiger partial charge in [-0.1, -0.05) is 30.3 Å². The number of hydrogen-bond donors (Lipinski definition) is 3. The number of nitrogen functional groups attached to an aromatic ring is 1. The molecule has 3 saturated heterocycles. The standard InChI is InChI=1S/C35H48N6O5/c1-23-19-25(20-24(2)32(23)36)21-29(33(42)39-15-13-38(14-16-39)27-9-17-46-18-10-27)31-22-28(8-12-41(31)35(44)45)40-11-7-26-5-3-4-6-30(26)37-34(40)43/h3-6,19-20,27-29,31H,7-18,21-22,36H2,1-2H3,(H,37,43)(H,44,45)/t28?,29?,31-/m1/s1. The van der Waals surface area contributed by atoms with Crippen LogP contribution in [0.4, 0.5) is 21.0 Å². The quantitative estimate of drug-likeness (QED) is 0.411. The summed E-state index contributed by atoms with van der Waals surface area (Å²) in [4.78, 5) is 48.5. The topological polar surface area (TPSA) is 132 Å². The van der Waals surface area contributed by atoms with Crippen LogP contribution in [0.15, 0.2) is 36.4 Å². The van der Waals surface area contributed by atoms with Gasteiger partial charge in [0.05, 0.1) is 5.92 Å². The summed E-state index contributed by atoms with van der Waals surface area (Å²) in [6, 6.07) is 11.4. The molecule has 2 unspecified atom stereocenters. The fourth-order valence-electron chi connectivity index (χ4n) is 8.03. The van der Waals surface area contributed by atoms with Crippen LogP contribution in [0.5, 0.6) is 0 Å². The van der Waals surface area contributed by atoms with Crippen molar-refractivity contribution in [3.05, 3.63) is 58.7 Å². The van der Waals surface area contributed by atoms with Crippen LogP contribution in [0.25, 0.3) is 0 Å². The summed E-state index contributed by atoms with van der Waals surface area (Å²) in [6.07, 6.45) is 3.04. The number of para-hydroxylation sites is 1. The molecule has 4 aliphatic heterocycles. The number of aryl methyl sites for hydroxylation is 2. The van der Waals surface area contributed by atoms with Gasteiger partial charge in [0.15, 0.2) is 0 Å². The first-order valence-corrected chi connectivity index (χ1v) is 16.8. The second-order valence-electron chi connectivity index (χ2n) is 13.4. The maximum atomic E-state index is 14.6. The van der Waals surface area contributed by atoms with Gasteiger partial charge in [-0.3, -0.25) is 9.69 Å². The molecule has 4 aliphatic rings. The maximum absolute atomic E-state index is 14.6. The van der Waals surface area contributed by atoms with Crippen LogP contribution in [-0.2, 0) is 22.4 Å². The second-order valence-corrected chi connectivity index (χ2v) is 13.4. The van der Waals surface area contributed by atoms with Gasteiger partial charge in [0.1, 0.15) is 0 Å². The Morgan fingerprint density at radius 2 is 1.67 bits per heavy atom. The van der Waals surface area contributed by atoms with Crippen molar-refractivity contribution in [3.63, 3.8) is 0 Å². The summed E-state index contributed by atoms with van der Waals surface area (Å²) in [6.45, 7) is 9.12. The largest absolute Gasteiger partial charge is 0.465 e. The number of ether oxygens (including phenoxy) is 1. The lowest BCUT2D eigenvalue weighted by Gasteiger charge is -2.46. The summed E-state index contributed by atoms with van der Waals surface area (Å²) >= 11 is 0. The SMILES string of the molecule is Cc1cc(CC(C(=O)N2CCN(C3CCOCC3)CC2)[C@H]2CC(N3CCc4ccccc4NC3=O)CCN2C(=O)O)cc(C)c1N. The van der Waals surface area contributed by atoms with E-state index in [1.165, 1.54) is 4.90 Å². The normalized spacial score (nSPS) is 23.8. The van der Waals surface area contributed by atoms with Crippen LogP contribution in [0, 0.1) is 19.8 Å². The lowest BCUT2D eigenvalue weighted by atomic mass is 9.82. The Balaban J connectivity index is 1.26. The van der Waals surface area contributed by atoms with Gasteiger partial charge in [-0.2, -0.15) is 0 Å². The number of carboxylic acid groups (broad SMARTS) is 1. The monoisotopic (exact) mass is 632 g/mol. The van der Waals surface area contributed by atoms with Crippen LogP contribution < -0.4 is 11.1 Å². The summed E-state index contributed by atoms with van der Waals surface area (Å²) < 4.78 is 5.56. The molecule has 2 aromatic rings. The molecule has 3 fully saturated rings. The molecule has 3 atom stereocenters. The number of likely N-dealkylation sites (tertiary alicyclic amines) is 1. The van der Waals surface area contributed by atoms with Crippen LogP contribution in [0.1, 0.15) is 47.9 Å². The van der Waals surface area contributed by atoms with Gasteiger partial charge in [-0.05, 0) is 80.7 Å². The number of urea groups is 1. The Kier molecular flexibility index (Phi) is 9.70. The molecule has 0 radical (unpaired) electrons. The third kappa shape index (κ3) is 6.80. The van der Waals surface area contributed by atoms with Gasteiger partial charge in [-0.25, -0.2) is 9.59 Å². The first-order chi connectivity index (χ1) is 22.2. The van der Waals surface area contributed by atoms with Crippen molar-refractivity contribution in [2.24, 2.45) is 5.92 Å². The average molecular weight is 633 g/mol. The van der Waals surface area contributed by atoms with E-state index in [0.29, 0.717) is 51.4 Å². The number of nitrogens with zero attached hydrogens (tertiary/aromatic N) is 4. The van der Waals surface area contributed by atoms with E-state index < -0.39 is 18.1 Å². The molecule has 4 N–H and O–H groups in total. The number of nitrogens with one attached hydrogen (secondary N) is 1. The minimum atomic E-state index is -1.03. The summed E-state index contributed by atoms with van der Waals surface area (Å²) in [5.41, 5.74) is 11.8. The zero-order valence-corrected chi connectivity index (χ0v) is 27.1. The first kappa shape index (κ1) is 32.1. The highest BCUT2D eigenvalue weighted by Crippen LogP contribution is 2.33. The third-order valence-electron chi connectivity index (χ3n) is 10.7. The van der Waals surface area contributed by atoms with Gasteiger partial charge < -0.3 is 35.6 Å². The van der Waals surface area contributed by atoms with Crippen molar-refractivity contribution in [2.45, 2.75) is 70.5 Å². The molecule has 4 heterocycles. The highest BCUT2D eigenvalue weighted by molar-refractivity contribution is 5.91. The van der Waals surface area contributed by atoms with E-state index >= 15 is 0 Å². The zero-order chi connectivity index (χ0) is 32.4. The van der Waals surface area contributed by atoms with E-state index in [9.17, 15) is 19.5 Å². The van der Waals surface area contributed by atoms with Gasteiger partial charge in [0, 0.05) is 82.0 Å². The molecule has 11 heteroatoms.